The Morgan fingerprint density at radius 3 is 2.76 bits per heavy atom. The largest absolute Gasteiger partial charge is 0.382 e. The highest BCUT2D eigenvalue weighted by Gasteiger charge is 2.13. The molecule has 0 spiro atoms. The van der Waals surface area contributed by atoms with Gasteiger partial charge in [-0.3, -0.25) is 0 Å². The van der Waals surface area contributed by atoms with Gasteiger partial charge in [-0.2, -0.15) is 5.26 Å². The van der Waals surface area contributed by atoms with Crippen molar-refractivity contribution in [1.82, 2.24) is 9.97 Å². The van der Waals surface area contributed by atoms with Gasteiger partial charge in [-0.1, -0.05) is 31.7 Å². The Hall–Kier alpha value is -1.54. The molecule has 0 aliphatic rings. The summed E-state index contributed by atoms with van der Waals surface area (Å²) in [7, 11) is 0. The van der Waals surface area contributed by atoms with E-state index in [0.717, 1.165) is 17.9 Å². The monoisotopic (exact) mass is 248 g/mol. The average Bonchev–Trinajstić information content (AvgIpc) is 2.25. The normalized spacial score (nSPS) is 10.2. The Labute approximate surface area is 106 Å². The Morgan fingerprint density at radius 1 is 1.53 bits per heavy atom. The molecule has 0 radical (unpaired) electrons. The first-order valence-corrected chi connectivity index (χ1v) is 6.37. The van der Waals surface area contributed by atoms with Gasteiger partial charge in [-0.15, -0.1) is 6.58 Å². The molecular formula is C12H16N4S. The Kier molecular flexibility index (Phi) is 4.98. The third-order valence-corrected chi connectivity index (χ3v) is 2.88. The minimum Gasteiger partial charge on any atom is -0.382 e. The molecule has 0 bridgehead atoms. The van der Waals surface area contributed by atoms with Gasteiger partial charge in [0.25, 0.3) is 0 Å². The molecule has 1 heterocycles. The third kappa shape index (κ3) is 3.75. The van der Waals surface area contributed by atoms with Crippen LogP contribution in [-0.2, 0) is 6.42 Å². The molecule has 17 heavy (non-hydrogen) atoms. The van der Waals surface area contributed by atoms with Crippen molar-refractivity contribution in [3.63, 3.8) is 0 Å². The van der Waals surface area contributed by atoms with Crippen LogP contribution in [0.4, 0.5) is 5.82 Å². The van der Waals surface area contributed by atoms with Crippen LogP contribution in [0.2, 0.25) is 0 Å². The molecule has 1 rings (SSSR count). The van der Waals surface area contributed by atoms with E-state index in [0.29, 0.717) is 16.6 Å². The maximum Gasteiger partial charge on any atom is 0.190 e. The predicted molar refractivity (Wildman–Crippen MR) is 70.6 cm³/mol. The molecule has 0 aliphatic carbocycles. The number of anilines is 1. The fourth-order valence-electron chi connectivity index (χ4n) is 1.36. The highest BCUT2D eigenvalue weighted by Crippen LogP contribution is 2.21. The number of nitrogens with zero attached hydrogens (tertiary/aromatic N) is 3. The molecule has 0 atom stereocenters. The van der Waals surface area contributed by atoms with Crippen LogP contribution < -0.4 is 5.73 Å². The molecule has 0 fully saturated rings. The molecule has 0 unspecified atom stereocenters. The second-order valence-electron chi connectivity index (χ2n) is 4.02. The highest BCUT2D eigenvalue weighted by atomic mass is 32.2. The quantitative estimate of drug-likeness (QED) is 0.492. The van der Waals surface area contributed by atoms with Gasteiger partial charge in [-0.25, -0.2) is 9.97 Å². The van der Waals surface area contributed by atoms with E-state index in [1.807, 2.05) is 0 Å². The van der Waals surface area contributed by atoms with Crippen molar-refractivity contribution in [3.8, 4) is 6.07 Å². The number of rotatable bonds is 5. The van der Waals surface area contributed by atoms with Crippen molar-refractivity contribution in [1.29, 1.82) is 5.26 Å². The molecule has 90 valence electrons. The van der Waals surface area contributed by atoms with Gasteiger partial charge in [0.1, 0.15) is 17.5 Å². The average molecular weight is 248 g/mol. The molecule has 0 saturated carbocycles. The van der Waals surface area contributed by atoms with Gasteiger partial charge in [0.15, 0.2) is 5.16 Å². The van der Waals surface area contributed by atoms with E-state index < -0.39 is 0 Å². The lowest BCUT2D eigenvalue weighted by molar-refractivity contribution is 0.627. The standard InChI is InChI=1S/C12H16N4S/c1-4-5-17-12-15-10(6-8(2)3)9(7-13)11(14)16-12/h4,8H,1,5-6H2,2-3H3,(H2,14,15,16). The summed E-state index contributed by atoms with van der Waals surface area (Å²) in [6.45, 7) is 7.80. The van der Waals surface area contributed by atoms with E-state index in [1.165, 1.54) is 11.8 Å². The van der Waals surface area contributed by atoms with E-state index in [1.54, 1.807) is 6.08 Å². The van der Waals surface area contributed by atoms with E-state index in [2.05, 4.69) is 36.5 Å². The number of thioether (sulfide) groups is 1. The van der Waals surface area contributed by atoms with Crippen LogP contribution in [0.25, 0.3) is 0 Å². The first-order chi connectivity index (χ1) is 8.08. The lowest BCUT2D eigenvalue weighted by Gasteiger charge is -2.09. The van der Waals surface area contributed by atoms with Crippen LogP contribution in [0.3, 0.4) is 0 Å². The van der Waals surface area contributed by atoms with Gasteiger partial charge in [0.2, 0.25) is 0 Å². The zero-order valence-electron chi connectivity index (χ0n) is 10.1. The molecule has 0 saturated heterocycles. The fourth-order valence-corrected chi connectivity index (χ4v) is 1.96. The molecule has 1 aromatic heterocycles. The summed E-state index contributed by atoms with van der Waals surface area (Å²) in [6.07, 6.45) is 2.52. The molecule has 0 aromatic carbocycles. The molecule has 1 aromatic rings. The van der Waals surface area contributed by atoms with Crippen LogP contribution in [-0.4, -0.2) is 15.7 Å². The summed E-state index contributed by atoms with van der Waals surface area (Å²) in [6, 6.07) is 2.07. The summed E-state index contributed by atoms with van der Waals surface area (Å²) in [4.78, 5) is 8.49. The molecule has 0 aliphatic heterocycles. The first kappa shape index (κ1) is 13.5. The SMILES string of the molecule is C=CCSc1nc(N)c(C#N)c(CC(C)C)n1. The van der Waals surface area contributed by atoms with Crippen LogP contribution in [0.1, 0.15) is 25.1 Å². The van der Waals surface area contributed by atoms with E-state index >= 15 is 0 Å². The summed E-state index contributed by atoms with van der Waals surface area (Å²) in [5.74, 6) is 1.42. The minimum absolute atomic E-state index is 0.268. The summed E-state index contributed by atoms with van der Waals surface area (Å²) in [5, 5.41) is 9.65. The van der Waals surface area contributed by atoms with Gasteiger partial charge in [-0.05, 0) is 12.3 Å². The zero-order valence-corrected chi connectivity index (χ0v) is 10.9. The van der Waals surface area contributed by atoms with E-state index in [-0.39, 0.29) is 5.82 Å². The van der Waals surface area contributed by atoms with Gasteiger partial charge in [0.05, 0.1) is 5.69 Å². The Balaban J connectivity index is 3.10. The van der Waals surface area contributed by atoms with Crippen molar-refractivity contribution >= 4 is 17.6 Å². The van der Waals surface area contributed by atoms with E-state index in [4.69, 9.17) is 11.0 Å². The fraction of sp³-hybridized carbons (Fsp3) is 0.417. The van der Waals surface area contributed by atoms with Crippen molar-refractivity contribution in [3.05, 3.63) is 23.9 Å². The van der Waals surface area contributed by atoms with Crippen molar-refractivity contribution < 1.29 is 0 Å². The Bertz CT molecular complexity index is 449. The number of aromatic nitrogens is 2. The van der Waals surface area contributed by atoms with Crippen LogP contribution in [0.15, 0.2) is 17.8 Å². The number of hydrogen-bond donors (Lipinski definition) is 1. The van der Waals surface area contributed by atoms with Crippen molar-refractivity contribution in [2.75, 3.05) is 11.5 Å². The number of nitriles is 1. The topological polar surface area (TPSA) is 75.6 Å². The number of nitrogen functional groups attached to an aromatic ring is 1. The predicted octanol–water partition coefficient (Wildman–Crippen LogP) is 2.41. The number of nitrogens with two attached hydrogens (primary N) is 1. The zero-order chi connectivity index (χ0) is 12.8. The minimum atomic E-state index is 0.268. The summed E-state index contributed by atoms with van der Waals surface area (Å²) >= 11 is 1.47. The van der Waals surface area contributed by atoms with Crippen LogP contribution in [0, 0.1) is 17.2 Å². The molecular weight excluding hydrogens is 232 g/mol. The van der Waals surface area contributed by atoms with Crippen molar-refractivity contribution in [2.45, 2.75) is 25.4 Å². The molecule has 4 nitrogen and oxygen atoms in total. The van der Waals surface area contributed by atoms with Crippen LogP contribution >= 0.6 is 11.8 Å². The second-order valence-corrected chi connectivity index (χ2v) is 5.01. The smallest absolute Gasteiger partial charge is 0.190 e. The number of hydrogen-bond acceptors (Lipinski definition) is 5. The summed E-state index contributed by atoms with van der Waals surface area (Å²) < 4.78 is 0. The van der Waals surface area contributed by atoms with Gasteiger partial charge >= 0.3 is 0 Å². The maximum absolute atomic E-state index is 9.05. The van der Waals surface area contributed by atoms with Gasteiger partial charge in [0, 0.05) is 5.75 Å². The Morgan fingerprint density at radius 2 is 2.24 bits per heavy atom. The molecule has 0 amide bonds. The van der Waals surface area contributed by atoms with E-state index in [9.17, 15) is 0 Å². The first-order valence-electron chi connectivity index (χ1n) is 5.38. The van der Waals surface area contributed by atoms with Gasteiger partial charge < -0.3 is 5.73 Å². The maximum atomic E-state index is 9.05. The van der Waals surface area contributed by atoms with Crippen molar-refractivity contribution in [2.24, 2.45) is 5.92 Å². The van der Waals surface area contributed by atoms with Crippen LogP contribution in [0.5, 0.6) is 0 Å². The molecule has 2 N–H and O–H groups in total. The molecule has 5 heteroatoms. The third-order valence-electron chi connectivity index (χ3n) is 2.04. The lowest BCUT2D eigenvalue weighted by Crippen LogP contribution is -2.07. The highest BCUT2D eigenvalue weighted by molar-refractivity contribution is 7.99. The second kappa shape index (κ2) is 6.26. The summed E-state index contributed by atoms with van der Waals surface area (Å²) in [5.41, 5.74) is 6.91. The lowest BCUT2D eigenvalue weighted by atomic mass is 10.0.